The minimum absolute atomic E-state index is 0.198. The van der Waals surface area contributed by atoms with E-state index in [1.807, 2.05) is 33.8 Å². The lowest BCUT2D eigenvalue weighted by molar-refractivity contribution is -0.148. The van der Waals surface area contributed by atoms with E-state index in [4.69, 9.17) is 9.15 Å². The van der Waals surface area contributed by atoms with Crippen LogP contribution in [0.5, 0.6) is 0 Å². The molecule has 0 aromatic carbocycles. The summed E-state index contributed by atoms with van der Waals surface area (Å²) in [5.41, 5.74) is -0.616. The fraction of sp³-hybridized carbons (Fsp3) is 0.667. The number of carbonyl (C=O) groups is 1. The minimum atomic E-state index is -0.616. The van der Waals surface area contributed by atoms with Crippen molar-refractivity contribution in [3.8, 4) is 0 Å². The Morgan fingerprint density at radius 2 is 2.25 bits per heavy atom. The highest BCUT2D eigenvalue weighted by Gasteiger charge is 2.34. The zero-order valence-corrected chi connectivity index (χ0v) is 13.8. The SMILES string of the molecule is COC(=O)C(C)(CCCSc1ccoc1C)NC(C)C. The van der Waals surface area contributed by atoms with Crippen molar-refractivity contribution in [1.82, 2.24) is 5.32 Å². The highest BCUT2D eigenvalue weighted by Crippen LogP contribution is 2.25. The molecule has 1 aromatic rings. The van der Waals surface area contributed by atoms with Crippen LogP contribution in [0.1, 0.15) is 39.4 Å². The van der Waals surface area contributed by atoms with Crippen molar-refractivity contribution in [2.45, 2.75) is 57.0 Å². The smallest absolute Gasteiger partial charge is 0.325 e. The van der Waals surface area contributed by atoms with Crippen LogP contribution in [-0.4, -0.2) is 30.4 Å². The monoisotopic (exact) mass is 299 g/mol. The summed E-state index contributed by atoms with van der Waals surface area (Å²) >= 11 is 1.76. The van der Waals surface area contributed by atoms with Gasteiger partial charge in [0.15, 0.2) is 0 Å². The Bertz CT molecular complexity index is 431. The summed E-state index contributed by atoms with van der Waals surface area (Å²) in [6.45, 7) is 7.93. The average Bonchev–Trinajstić information content (AvgIpc) is 2.78. The zero-order chi connectivity index (χ0) is 15.2. The number of methoxy groups -OCH3 is 1. The second-order valence-electron chi connectivity index (χ2n) is 5.42. The van der Waals surface area contributed by atoms with E-state index in [1.54, 1.807) is 18.0 Å². The van der Waals surface area contributed by atoms with Gasteiger partial charge in [0.05, 0.1) is 13.4 Å². The van der Waals surface area contributed by atoms with Crippen LogP contribution in [-0.2, 0) is 9.53 Å². The van der Waals surface area contributed by atoms with E-state index in [2.05, 4.69) is 5.32 Å². The molecule has 1 rings (SSSR count). The number of carbonyl (C=O) groups excluding carboxylic acids is 1. The molecule has 1 N–H and O–H groups in total. The number of nitrogens with one attached hydrogen (secondary N) is 1. The molecule has 114 valence electrons. The normalized spacial score (nSPS) is 14.3. The van der Waals surface area contributed by atoms with Gasteiger partial charge >= 0.3 is 5.97 Å². The summed E-state index contributed by atoms with van der Waals surface area (Å²) < 4.78 is 10.2. The number of esters is 1. The van der Waals surface area contributed by atoms with Crippen LogP contribution >= 0.6 is 11.8 Å². The molecule has 0 saturated heterocycles. The van der Waals surface area contributed by atoms with E-state index in [-0.39, 0.29) is 12.0 Å². The third-order valence-electron chi connectivity index (χ3n) is 3.13. The lowest BCUT2D eigenvalue weighted by Crippen LogP contribution is -2.53. The van der Waals surface area contributed by atoms with Crippen LogP contribution in [0, 0.1) is 6.92 Å². The highest BCUT2D eigenvalue weighted by atomic mass is 32.2. The number of hydrogen-bond donors (Lipinski definition) is 1. The molecule has 1 aromatic heterocycles. The third kappa shape index (κ3) is 4.87. The molecule has 1 atom stereocenters. The molecule has 0 amide bonds. The first kappa shape index (κ1) is 17.1. The summed E-state index contributed by atoms with van der Waals surface area (Å²) in [4.78, 5) is 13.1. The Morgan fingerprint density at radius 1 is 1.55 bits per heavy atom. The Labute approximate surface area is 125 Å². The number of rotatable bonds is 8. The topological polar surface area (TPSA) is 51.5 Å². The lowest BCUT2D eigenvalue weighted by Gasteiger charge is -2.30. The van der Waals surface area contributed by atoms with Crippen LogP contribution in [0.2, 0.25) is 0 Å². The van der Waals surface area contributed by atoms with E-state index in [1.165, 1.54) is 12.0 Å². The summed E-state index contributed by atoms with van der Waals surface area (Å²) in [7, 11) is 1.44. The van der Waals surface area contributed by atoms with Crippen molar-refractivity contribution >= 4 is 17.7 Å². The van der Waals surface area contributed by atoms with E-state index in [9.17, 15) is 4.79 Å². The van der Waals surface area contributed by atoms with Gasteiger partial charge < -0.3 is 9.15 Å². The van der Waals surface area contributed by atoms with Gasteiger partial charge in [0.2, 0.25) is 0 Å². The van der Waals surface area contributed by atoms with Gasteiger partial charge in [-0.3, -0.25) is 10.1 Å². The van der Waals surface area contributed by atoms with Gasteiger partial charge in [-0.1, -0.05) is 0 Å². The standard InChI is InChI=1S/C15H25NO3S/c1-11(2)16-15(4,14(17)18-5)8-6-10-20-13-7-9-19-12(13)3/h7,9,11,16H,6,8,10H2,1-5H3. The predicted octanol–water partition coefficient (Wildman–Crippen LogP) is 3.39. The van der Waals surface area contributed by atoms with Crippen molar-refractivity contribution in [2.24, 2.45) is 0 Å². The van der Waals surface area contributed by atoms with Crippen LogP contribution < -0.4 is 5.32 Å². The van der Waals surface area contributed by atoms with Crippen molar-refractivity contribution in [3.05, 3.63) is 18.1 Å². The van der Waals surface area contributed by atoms with Gasteiger partial charge in [-0.25, -0.2) is 0 Å². The number of furan rings is 1. The maximum atomic E-state index is 11.9. The van der Waals surface area contributed by atoms with Gasteiger partial charge in [0.1, 0.15) is 11.3 Å². The van der Waals surface area contributed by atoms with Gasteiger partial charge in [0.25, 0.3) is 0 Å². The molecule has 0 radical (unpaired) electrons. The molecule has 0 bridgehead atoms. The predicted molar refractivity (Wildman–Crippen MR) is 82.1 cm³/mol. The molecule has 4 nitrogen and oxygen atoms in total. The molecule has 0 saturated carbocycles. The van der Waals surface area contributed by atoms with Crippen molar-refractivity contribution in [3.63, 3.8) is 0 Å². The first-order chi connectivity index (χ1) is 9.39. The quantitative estimate of drug-likeness (QED) is 0.453. The van der Waals surface area contributed by atoms with E-state index in [0.717, 1.165) is 24.4 Å². The largest absolute Gasteiger partial charge is 0.468 e. The Hall–Kier alpha value is -0.940. The van der Waals surface area contributed by atoms with Crippen molar-refractivity contribution in [2.75, 3.05) is 12.9 Å². The number of ether oxygens (including phenoxy) is 1. The third-order valence-corrected chi connectivity index (χ3v) is 4.36. The van der Waals surface area contributed by atoms with Crippen LogP contribution in [0.4, 0.5) is 0 Å². The fourth-order valence-corrected chi connectivity index (χ4v) is 3.14. The molecule has 1 unspecified atom stereocenters. The molecular weight excluding hydrogens is 274 g/mol. The Morgan fingerprint density at radius 3 is 2.75 bits per heavy atom. The Kier molecular flexibility index (Phi) is 6.62. The van der Waals surface area contributed by atoms with Crippen molar-refractivity contribution in [1.29, 1.82) is 0 Å². The lowest BCUT2D eigenvalue weighted by atomic mass is 9.95. The van der Waals surface area contributed by atoms with Crippen LogP contribution in [0.15, 0.2) is 21.6 Å². The second-order valence-corrected chi connectivity index (χ2v) is 6.55. The average molecular weight is 299 g/mol. The molecule has 20 heavy (non-hydrogen) atoms. The molecule has 0 aliphatic heterocycles. The van der Waals surface area contributed by atoms with Crippen LogP contribution in [0.3, 0.4) is 0 Å². The van der Waals surface area contributed by atoms with Gasteiger partial charge in [-0.2, -0.15) is 0 Å². The second kappa shape index (κ2) is 7.74. The van der Waals surface area contributed by atoms with E-state index < -0.39 is 5.54 Å². The summed E-state index contributed by atoms with van der Waals surface area (Å²) in [5.74, 6) is 1.70. The molecular formula is C15H25NO3S. The Balaban J connectivity index is 2.46. The molecule has 0 spiro atoms. The van der Waals surface area contributed by atoms with E-state index in [0.29, 0.717) is 0 Å². The molecule has 1 heterocycles. The molecule has 5 heteroatoms. The molecule has 0 fully saturated rings. The highest BCUT2D eigenvalue weighted by molar-refractivity contribution is 7.99. The van der Waals surface area contributed by atoms with Crippen molar-refractivity contribution < 1.29 is 13.9 Å². The number of aryl methyl sites for hydroxylation is 1. The maximum absolute atomic E-state index is 11.9. The van der Waals surface area contributed by atoms with Gasteiger partial charge in [0, 0.05) is 10.9 Å². The summed E-state index contributed by atoms with van der Waals surface area (Å²) in [5, 5.41) is 3.31. The number of thioether (sulfide) groups is 1. The van der Waals surface area contributed by atoms with Gasteiger partial charge in [-0.05, 0) is 52.4 Å². The fourth-order valence-electron chi connectivity index (χ4n) is 2.23. The summed E-state index contributed by atoms with van der Waals surface area (Å²) in [6.07, 6.45) is 3.39. The number of hydrogen-bond acceptors (Lipinski definition) is 5. The first-order valence-electron chi connectivity index (χ1n) is 6.92. The zero-order valence-electron chi connectivity index (χ0n) is 13.0. The van der Waals surface area contributed by atoms with Crippen LogP contribution in [0.25, 0.3) is 0 Å². The molecule has 0 aliphatic rings. The first-order valence-corrected chi connectivity index (χ1v) is 7.90. The van der Waals surface area contributed by atoms with E-state index >= 15 is 0 Å². The maximum Gasteiger partial charge on any atom is 0.325 e. The summed E-state index contributed by atoms with van der Waals surface area (Å²) in [6, 6.07) is 2.22. The minimum Gasteiger partial charge on any atom is -0.468 e. The van der Waals surface area contributed by atoms with Gasteiger partial charge in [-0.15, -0.1) is 11.8 Å². The molecule has 0 aliphatic carbocycles.